The molecule has 0 aromatic carbocycles. The molecule has 18 heavy (non-hydrogen) atoms. The Hall–Kier alpha value is -0.951. The molecule has 104 valence electrons. The summed E-state index contributed by atoms with van der Waals surface area (Å²) in [4.78, 5) is 33.4. The topological polar surface area (TPSA) is 144 Å². The van der Waals surface area contributed by atoms with Crippen LogP contribution in [-0.2, 0) is 14.4 Å². The molecule has 2 atom stereocenters. The number of carbonyl (C=O) groups excluding carboxylic acids is 1. The van der Waals surface area contributed by atoms with Gasteiger partial charge in [-0.25, -0.2) is 0 Å². The van der Waals surface area contributed by atoms with Crippen LogP contribution in [0.2, 0.25) is 11.1 Å². The number of aliphatic carboxylic acids is 2. The van der Waals surface area contributed by atoms with Crippen molar-refractivity contribution in [3.8, 4) is 0 Å². The van der Waals surface area contributed by atoms with Crippen LogP contribution in [0.5, 0.6) is 0 Å². The normalized spacial score (nSPS) is 15.7. The van der Waals surface area contributed by atoms with Gasteiger partial charge < -0.3 is 0 Å². The maximum atomic E-state index is 11.9. The predicted octanol–water partition coefficient (Wildman–Crippen LogP) is -0.910. The molecule has 0 aromatic rings. The van der Waals surface area contributed by atoms with Gasteiger partial charge in [0.1, 0.15) is 0 Å². The van der Waals surface area contributed by atoms with E-state index >= 15 is 0 Å². The molecule has 0 unspecified atom stereocenters. The monoisotopic (exact) mass is 326 g/mol. The molecular weight excluding hydrogens is 307 g/mol. The third-order valence-corrected chi connectivity index (χ3v) is 3.81. The molecule has 0 saturated heterocycles. The van der Waals surface area contributed by atoms with Gasteiger partial charge in [-0.3, -0.25) is 0 Å². The van der Waals surface area contributed by atoms with Crippen molar-refractivity contribution in [2.24, 2.45) is 11.5 Å². The molecule has 0 rings (SSSR count). The van der Waals surface area contributed by atoms with Crippen LogP contribution in [0.3, 0.4) is 0 Å². The molecule has 0 radical (unpaired) electrons. The summed E-state index contributed by atoms with van der Waals surface area (Å²) in [5, 5.41) is 18.1. The average molecular weight is 325 g/mol. The summed E-state index contributed by atoms with van der Waals surface area (Å²) >= 11 is 0.200. The summed E-state index contributed by atoms with van der Waals surface area (Å²) in [6, 6.07) is -1.16. The van der Waals surface area contributed by atoms with Crippen LogP contribution in [-0.4, -0.2) is 54.5 Å². The number of carboxylic acids is 2. The van der Waals surface area contributed by atoms with Crippen molar-refractivity contribution in [3.63, 3.8) is 0 Å². The van der Waals surface area contributed by atoms with Crippen LogP contribution in [0.25, 0.3) is 0 Å². The summed E-state index contributed by atoms with van der Waals surface area (Å²) < 4.78 is 0. The van der Waals surface area contributed by atoms with Crippen LogP contribution in [0.4, 0.5) is 0 Å². The summed E-state index contributed by atoms with van der Waals surface area (Å²) in [6.45, 7) is 0. The first-order valence-electron chi connectivity index (χ1n) is 5.28. The number of carbonyl (C=O) groups is 3. The zero-order valence-corrected chi connectivity index (χ0v) is 11.8. The second-order valence-electron chi connectivity index (χ2n) is 3.92. The molecule has 0 fully saturated rings. The first-order chi connectivity index (χ1) is 8.25. The van der Waals surface area contributed by atoms with Gasteiger partial charge in [0, 0.05) is 0 Å². The number of nitrogens with two attached hydrogens (primary N) is 2. The predicted molar refractivity (Wildman–Crippen MR) is 65.4 cm³/mol. The van der Waals surface area contributed by atoms with Crippen molar-refractivity contribution in [3.05, 3.63) is 0 Å². The zero-order valence-electron chi connectivity index (χ0n) is 10.1. The molecule has 0 saturated carbocycles. The molecule has 0 aliphatic rings. The Morgan fingerprint density at radius 3 is 2.28 bits per heavy atom. The van der Waals surface area contributed by atoms with Crippen LogP contribution in [0, 0.1) is 0 Å². The molecule has 0 heterocycles. The first kappa shape index (κ1) is 17.0. The average Bonchev–Trinajstić information content (AvgIpc) is 2.31. The van der Waals surface area contributed by atoms with Gasteiger partial charge in [-0.15, -0.1) is 0 Å². The Kier molecular flexibility index (Phi) is 7.08. The Labute approximate surface area is 111 Å². The Bertz CT molecular complexity index is 336. The molecular formula is C10H18N2O5Se. The number of carboxylic acid groups (broad SMARTS) is 2. The number of ketones is 1. The van der Waals surface area contributed by atoms with E-state index in [0.29, 0.717) is 5.32 Å². The fourth-order valence-corrected chi connectivity index (χ4v) is 2.44. The van der Waals surface area contributed by atoms with Gasteiger partial charge in [-0.1, -0.05) is 0 Å². The second-order valence-corrected chi connectivity index (χ2v) is 5.99. The Balaban J connectivity index is 4.74. The fourth-order valence-electron chi connectivity index (χ4n) is 1.34. The molecule has 6 N–H and O–H groups in total. The van der Waals surface area contributed by atoms with Crippen LogP contribution in [0.15, 0.2) is 0 Å². The van der Waals surface area contributed by atoms with Gasteiger partial charge >= 0.3 is 111 Å². The van der Waals surface area contributed by atoms with Crippen LogP contribution >= 0.6 is 0 Å². The minimum absolute atomic E-state index is 0.0262. The van der Waals surface area contributed by atoms with Crippen molar-refractivity contribution in [2.45, 2.75) is 42.0 Å². The second kappa shape index (κ2) is 7.48. The van der Waals surface area contributed by atoms with E-state index in [0.717, 1.165) is 0 Å². The van der Waals surface area contributed by atoms with Crippen molar-refractivity contribution >= 4 is 32.7 Å². The molecule has 0 bridgehead atoms. The maximum absolute atomic E-state index is 11.9. The van der Waals surface area contributed by atoms with E-state index in [1.54, 1.807) is 0 Å². The Morgan fingerprint density at radius 1 is 1.33 bits per heavy atom. The molecule has 0 aromatic heterocycles. The quantitative estimate of drug-likeness (QED) is 0.317. The molecule has 0 aliphatic carbocycles. The van der Waals surface area contributed by atoms with Crippen molar-refractivity contribution in [1.29, 1.82) is 0 Å². The number of hydrogen-bond acceptors (Lipinski definition) is 5. The number of Topliss-reactive ketones (excluding diaryl/α,β-unsaturated/α-hetero) is 1. The van der Waals surface area contributed by atoms with E-state index in [-0.39, 0.29) is 34.2 Å². The SMILES string of the molecule is C[Se]CC[C@](N)(C(=O)O)C(=O)[C@@H](N)CCC(=O)O. The molecule has 0 spiro atoms. The summed E-state index contributed by atoms with van der Waals surface area (Å²) in [5.41, 5.74) is 9.12. The molecule has 7 nitrogen and oxygen atoms in total. The zero-order chi connectivity index (χ0) is 14.3. The molecule has 0 amide bonds. The third-order valence-electron chi connectivity index (χ3n) is 2.53. The van der Waals surface area contributed by atoms with Gasteiger partial charge in [0.05, 0.1) is 0 Å². The number of hydrogen-bond donors (Lipinski definition) is 4. The Morgan fingerprint density at radius 2 is 1.89 bits per heavy atom. The molecule has 8 heteroatoms. The third kappa shape index (κ3) is 4.73. The van der Waals surface area contributed by atoms with Gasteiger partial charge in [0.2, 0.25) is 0 Å². The van der Waals surface area contributed by atoms with Crippen LogP contribution < -0.4 is 11.5 Å². The summed E-state index contributed by atoms with van der Waals surface area (Å²) in [5.74, 6) is -1.40. The minimum atomic E-state index is -2.00. The van der Waals surface area contributed by atoms with E-state index in [2.05, 4.69) is 0 Å². The van der Waals surface area contributed by atoms with E-state index in [9.17, 15) is 14.4 Å². The summed E-state index contributed by atoms with van der Waals surface area (Å²) in [7, 11) is 0. The van der Waals surface area contributed by atoms with E-state index in [1.807, 2.05) is 5.82 Å². The first-order valence-corrected chi connectivity index (χ1v) is 8.21. The van der Waals surface area contributed by atoms with E-state index in [1.165, 1.54) is 0 Å². The van der Waals surface area contributed by atoms with E-state index < -0.39 is 29.3 Å². The van der Waals surface area contributed by atoms with Crippen molar-refractivity contribution in [1.82, 2.24) is 0 Å². The standard InChI is InChI=1S/C10H18N2O5Se/c1-18-5-4-10(12,9(16)17)8(15)6(11)2-3-7(13)14/h6H,2-5,11-12H2,1H3,(H,13,14)(H,16,17)/t6-,10+/m0/s1. The van der Waals surface area contributed by atoms with Crippen molar-refractivity contribution < 1.29 is 24.6 Å². The van der Waals surface area contributed by atoms with Gasteiger partial charge in [-0.2, -0.15) is 0 Å². The summed E-state index contributed by atoms with van der Waals surface area (Å²) in [6.07, 6.45) is -0.379. The van der Waals surface area contributed by atoms with Gasteiger partial charge in [-0.05, 0) is 0 Å². The van der Waals surface area contributed by atoms with Crippen LogP contribution in [0.1, 0.15) is 19.3 Å². The fraction of sp³-hybridized carbons (Fsp3) is 0.700. The van der Waals surface area contributed by atoms with Crippen molar-refractivity contribution in [2.75, 3.05) is 0 Å². The van der Waals surface area contributed by atoms with E-state index in [4.69, 9.17) is 21.7 Å². The van der Waals surface area contributed by atoms with Gasteiger partial charge in [0.25, 0.3) is 0 Å². The van der Waals surface area contributed by atoms with Gasteiger partial charge in [0.15, 0.2) is 0 Å². The number of rotatable bonds is 9. The molecule has 0 aliphatic heterocycles.